The number of hydrogen-bond donors (Lipinski definition) is 1. The minimum Gasteiger partial charge on any atom is -0.406 e. The number of nitrogens with one attached hydrogen (secondary N) is 1. The van der Waals surface area contributed by atoms with Gasteiger partial charge in [0.2, 0.25) is 0 Å². The zero-order valence-electron chi connectivity index (χ0n) is 22.3. The summed E-state index contributed by atoms with van der Waals surface area (Å²) in [5.74, 6) is 0.629. The van der Waals surface area contributed by atoms with Crippen molar-refractivity contribution in [1.82, 2.24) is 19.8 Å². The van der Waals surface area contributed by atoms with Gasteiger partial charge in [-0.2, -0.15) is 0 Å². The summed E-state index contributed by atoms with van der Waals surface area (Å²) >= 11 is 0. The molecule has 0 aliphatic carbocycles. The summed E-state index contributed by atoms with van der Waals surface area (Å²) in [6, 6.07) is 14.3. The molecule has 1 N–H and O–H groups in total. The first kappa shape index (κ1) is 29.3. The van der Waals surface area contributed by atoms with Crippen molar-refractivity contribution in [1.29, 1.82) is 0 Å². The number of carbonyl (C=O) groups excluding carboxylic acids is 1. The number of aryl methyl sites for hydroxylation is 1. The fraction of sp³-hybridized carbons (Fsp3) is 0.448. The zero-order valence-corrected chi connectivity index (χ0v) is 22.3. The van der Waals surface area contributed by atoms with Crippen LogP contribution < -0.4 is 19.9 Å². The monoisotopic (exact) mass is 558 g/mol. The number of nitrogens with zero attached hydrogens (tertiary/aromatic N) is 5. The molecule has 1 amide bonds. The van der Waals surface area contributed by atoms with Crippen molar-refractivity contribution in [2.24, 2.45) is 0 Å². The molecule has 1 aromatic heterocycles. The third kappa shape index (κ3) is 6.35. The molecule has 2 aliphatic heterocycles. The van der Waals surface area contributed by atoms with Crippen LogP contribution in [0.25, 0.3) is 0 Å². The van der Waals surface area contributed by atoms with Gasteiger partial charge in [0.05, 0.1) is 18.3 Å². The first-order chi connectivity index (χ1) is 18.6. The molecular weight excluding hydrogens is 521 g/mol. The molecule has 0 unspecified atom stereocenters. The van der Waals surface area contributed by atoms with Crippen molar-refractivity contribution in [2.75, 3.05) is 43.5 Å². The topological polar surface area (TPSA) is 65.9 Å². The van der Waals surface area contributed by atoms with E-state index < -0.39 is 6.36 Å². The molecule has 1 fully saturated rings. The number of benzene rings is 2. The van der Waals surface area contributed by atoms with Gasteiger partial charge in [0.1, 0.15) is 17.3 Å². The number of halogens is 3. The average Bonchev–Trinajstić information content (AvgIpc) is 3.24. The number of anilines is 2. The fourth-order valence-electron chi connectivity index (χ4n) is 5.10. The highest BCUT2D eigenvalue weighted by Gasteiger charge is 2.32. The third-order valence-corrected chi connectivity index (χ3v) is 7.43. The normalized spacial score (nSPS) is 15.6. The van der Waals surface area contributed by atoms with Crippen molar-refractivity contribution in [2.45, 2.75) is 52.8 Å². The maximum Gasteiger partial charge on any atom is 0.573 e. The molecule has 216 valence electrons. The molecule has 3 aromatic rings. The van der Waals surface area contributed by atoms with Crippen LogP contribution in [0.1, 0.15) is 41.9 Å². The molecule has 1 saturated heterocycles. The molecular formula is C29H37F3N6O2. The fourth-order valence-corrected chi connectivity index (χ4v) is 5.10. The van der Waals surface area contributed by atoms with Gasteiger partial charge in [0.25, 0.3) is 5.91 Å². The minimum absolute atomic E-state index is 0. The van der Waals surface area contributed by atoms with Gasteiger partial charge in [-0.3, -0.25) is 9.69 Å². The smallest absolute Gasteiger partial charge is 0.406 e. The van der Waals surface area contributed by atoms with Gasteiger partial charge in [0.15, 0.2) is 0 Å². The second kappa shape index (κ2) is 11.8. The Kier molecular flexibility index (Phi) is 8.62. The van der Waals surface area contributed by atoms with E-state index in [1.165, 1.54) is 12.1 Å². The minimum atomic E-state index is -4.69. The van der Waals surface area contributed by atoms with Crippen molar-refractivity contribution < 1.29 is 22.7 Å². The summed E-state index contributed by atoms with van der Waals surface area (Å²) < 4.78 is 43.1. The molecule has 2 aliphatic rings. The molecule has 0 spiro atoms. The van der Waals surface area contributed by atoms with Crippen LogP contribution in [0, 0.1) is 0 Å². The van der Waals surface area contributed by atoms with E-state index in [1.807, 2.05) is 38.2 Å². The Morgan fingerprint density at radius 1 is 1.10 bits per heavy atom. The van der Waals surface area contributed by atoms with Gasteiger partial charge < -0.3 is 24.4 Å². The maximum atomic E-state index is 13.1. The Labute approximate surface area is 233 Å². The predicted octanol–water partition coefficient (Wildman–Crippen LogP) is 4.68. The molecule has 0 saturated carbocycles. The molecule has 40 heavy (non-hydrogen) atoms. The summed E-state index contributed by atoms with van der Waals surface area (Å²) in [4.78, 5) is 24.3. The van der Waals surface area contributed by atoms with E-state index in [1.54, 1.807) is 12.1 Å². The molecule has 11 heteroatoms. The number of likely N-dealkylation sites (N-methyl/N-ethyl adjacent to an activating group) is 2. The number of alkyl halides is 3. The van der Waals surface area contributed by atoms with Gasteiger partial charge in [-0.1, -0.05) is 26.5 Å². The van der Waals surface area contributed by atoms with Crippen LogP contribution >= 0.6 is 0 Å². The zero-order chi connectivity index (χ0) is 27.7. The number of rotatable bonds is 8. The summed E-state index contributed by atoms with van der Waals surface area (Å²) in [5, 5.41) is 3.07. The number of hydrogen-bond acceptors (Lipinski definition) is 6. The van der Waals surface area contributed by atoms with Gasteiger partial charge in [0, 0.05) is 51.1 Å². The van der Waals surface area contributed by atoms with E-state index in [-0.39, 0.29) is 25.1 Å². The average molecular weight is 559 g/mol. The molecule has 8 nitrogen and oxygen atoms in total. The Hall–Kier alpha value is -3.73. The standard InChI is InChI=1S/C28H33F3N6O2.CH4/c1-4-24-26(37-14-13-34(2)18-25(37)33-24)27(38)32-15-19-5-7-20(8-6-19)35(3)22-16-36(17-22)21-9-11-23(12-10-21)39-28(29,30)31;/h5-12,22H,4,13-18H2,1-3H3,(H,32,38);1H4. The summed E-state index contributed by atoms with van der Waals surface area (Å²) in [6.07, 6.45) is -3.98. The van der Waals surface area contributed by atoms with Gasteiger partial charge in [-0.15, -0.1) is 13.2 Å². The maximum absolute atomic E-state index is 13.1. The van der Waals surface area contributed by atoms with E-state index in [4.69, 9.17) is 4.98 Å². The Bertz CT molecular complexity index is 1300. The van der Waals surface area contributed by atoms with Crippen LogP contribution in [0.5, 0.6) is 5.75 Å². The molecule has 2 aromatic carbocycles. The third-order valence-electron chi connectivity index (χ3n) is 7.43. The molecule has 0 radical (unpaired) electrons. The number of amides is 1. The lowest BCUT2D eigenvalue weighted by Gasteiger charge is -2.46. The summed E-state index contributed by atoms with van der Waals surface area (Å²) in [5.41, 5.74) is 4.45. The second-order valence-electron chi connectivity index (χ2n) is 10.1. The van der Waals surface area contributed by atoms with E-state index in [2.05, 4.69) is 36.4 Å². The molecule has 3 heterocycles. The SMILES string of the molecule is C.CCc1nc2n(c1C(=O)NCc1ccc(N(C)C3CN(c4ccc(OC(F)(F)F)cc4)C3)cc1)CCN(C)C2. The number of aromatic nitrogens is 2. The molecule has 0 atom stereocenters. The first-order valence-corrected chi connectivity index (χ1v) is 13.1. The van der Waals surface area contributed by atoms with Crippen LogP contribution in [-0.4, -0.2) is 66.5 Å². The lowest BCUT2D eigenvalue weighted by Crippen LogP contribution is -2.58. The van der Waals surface area contributed by atoms with Crippen LogP contribution in [0.2, 0.25) is 0 Å². The first-order valence-electron chi connectivity index (χ1n) is 13.1. The summed E-state index contributed by atoms with van der Waals surface area (Å²) in [7, 11) is 4.09. The van der Waals surface area contributed by atoms with Crippen LogP contribution in [-0.2, 0) is 26.1 Å². The Balaban J connectivity index is 0.00000370. The van der Waals surface area contributed by atoms with Gasteiger partial charge in [-0.25, -0.2) is 4.98 Å². The van der Waals surface area contributed by atoms with E-state index >= 15 is 0 Å². The quantitative estimate of drug-likeness (QED) is 0.433. The number of ether oxygens (including phenoxy) is 1. The lowest BCUT2D eigenvalue weighted by atomic mass is 10.0. The predicted molar refractivity (Wildman–Crippen MR) is 150 cm³/mol. The number of imidazole rings is 1. The highest BCUT2D eigenvalue weighted by molar-refractivity contribution is 5.94. The van der Waals surface area contributed by atoms with Gasteiger partial charge in [-0.05, 0) is 55.4 Å². The highest BCUT2D eigenvalue weighted by Crippen LogP contribution is 2.30. The number of carbonyl (C=O) groups is 1. The van der Waals surface area contributed by atoms with E-state index in [0.717, 1.165) is 61.2 Å². The molecule has 0 bridgehead atoms. The molecule has 5 rings (SSSR count). The van der Waals surface area contributed by atoms with E-state index in [0.29, 0.717) is 18.7 Å². The largest absolute Gasteiger partial charge is 0.573 e. The van der Waals surface area contributed by atoms with Crippen LogP contribution in [0.15, 0.2) is 48.5 Å². The number of fused-ring (bicyclic) bond motifs is 1. The Morgan fingerprint density at radius 3 is 2.40 bits per heavy atom. The highest BCUT2D eigenvalue weighted by atomic mass is 19.4. The van der Waals surface area contributed by atoms with Crippen LogP contribution in [0.4, 0.5) is 24.5 Å². The van der Waals surface area contributed by atoms with Crippen molar-refractivity contribution >= 4 is 17.3 Å². The Morgan fingerprint density at radius 2 is 1.77 bits per heavy atom. The van der Waals surface area contributed by atoms with Crippen molar-refractivity contribution in [3.63, 3.8) is 0 Å². The lowest BCUT2D eigenvalue weighted by molar-refractivity contribution is -0.274. The van der Waals surface area contributed by atoms with Crippen molar-refractivity contribution in [3.8, 4) is 5.75 Å². The van der Waals surface area contributed by atoms with Gasteiger partial charge >= 0.3 is 6.36 Å². The second-order valence-corrected chi connectivity index (χ2v) is 10.1. The van der Waals surface area contributed by atoms with Crippen LogP contribution in [0.3, 0.4) is 0 Å². The van der Waals surface area contributed by atoms with E-state index in [9.17, 15) is 18.0 Å². The van der Waals surface area contributed by atoms with Crippen molar-refractivity contribution in [3.05, 3.63) is 71.3 Å². The summed E-state index contributed by atoms with van der Waals surface area (Å²) in [6.45, 7) is 6.38.